The third-order valence-electron chi connectivity index (χ3n) is 4.99. The van der Waals surface area contributed by atoms with Crippen LogP contribution in [-0.2, 0) is 14.8 Å². The Bertz CT molecular complexity index is 910. The Morgan fingerprint density at radius 1 is 1.07 bits per heavy atom. The number of nitrogens with one attached hydrogen (secondary N) is 1. The van der Waals surface area contributed by atoms with E-state index in [9.17, 15) is 13.2 Å². The molecule has 0 radical (unpaired) electrons. The van der Waals surface area contributed by atoms with Crippen molar-refractivity contribution in [1.82, 2.24) is 9.62 Å². The van der Waals surface area contributed by atoms with Crippen LogP contribution in [-0.4, -0.2) is 52.6 Å². The van der Waals surface area contributed by atoms with Gasteiger partial charge in [-0.3, -0.25) is 4.79 Å². The molecule has 29 heavy (non-hydrogen) atoms. The topological polar surface area (TPSA) is 84.9 Å². The first-order valence-corrected chi connectivity index (χ1v) is 11.1. The molecule has 1 N–H and O–H groups in total. The van der Waals surface area contributed by atoms with Crippen molar-refractivity contribution in [3.05, 3.63) is 54.6 Å². The van der Waals surface area contributed by atoms with Gasteiger partial charge in [-0.15, -0.1) is 0 Å². The molecular weight excluding hydrogens is 392 g/mol. The van der Waals surface area contributed by atoms with Gasteiger partial charge in [0.1, 0.15) is 11.5 Å². The van der Waals surface area contributed by atoms with Gasteiger partial charge < -0.3 is 14.4 Å². The van der Waals surface area contributed by atoms with Gasteiger partial charge >= 0.3 is 0 Å². The summed E-state index contributed by atoms with van der Waals surface area (Å²) in [7, 11) is -2.09. The lowest BCUT2D eigenvalue weighted by Gasteiger charge is -2.32. The van der Waals surface area contributed by atoms with E-state index in [1.54, 1.807) is 23.1 Å². The van der Waals surface area contributed by atoms with E-state index in [4.69, 9.17) is 9.47 Å². The highest BCUT2D eigenvalue weighted by Crippen LogP contribution is 2.20. The number of hydrogen-bond acceptors (Lipinski definition) is 5. The number of benzene rings is 2. The van der Waals surface area contributed by atoms with Crippen LogP contribution >= 0.6 is 0 Å². The lowest BCUT2D eigenvalue weighted by Crippen LogP contribution is -2.43. The Balaban J connectivity index is 1.44. The number of ether oxygens (including phenoxy) is 2. The van der Waals surface area contributed by atoms with Crippen LogP contribution in [0.1, 0.15) is 12.8 Å². The van der Waals surface area contributed by atoms with E-state index in [0.29, 0.717) is 31.1 Å². The van der Waals surface area contributed by atoms with E-state index in [-0.39, 0.29) is 23.3 Å². The second-order valence-corrected chi connectivity index (χ2v) is 8.72. The van der Waals surface area contributed by atoms with Crippen molar-refractivity contribution in [2.45, 2.75) is 17.7 Å². The first kappa shape index (κ1) is 21.1. The third kappa shape index (κ3) is 5.95. The summed E-state index contributed by atoms with van der Waals surface area (Å²) >= 11 is 0. The number of methoxy groups -OCH3 is 1. The minimum atomic E-state index is -3.59. The quantitative estimate of drug-likeness (QED) is 0.711. The maximum absolute atomic E-state index is 12.5. The molecule has 1 heterocycles. The number of amides is 1. The largest absolute Gasteiger partial charge is 0.497 e. The van der Waals surface area contributed by atoms with Crippen molar-refractivity contribution in [3.8, 4) is 11.5 Å². The summed E-state index contributed by atoms with van der Waals surface area (Å²) in [4.78, 5) is 14.3. The molecule has 2 aromatic carbocycles. The predicted octanol–water partition coefficient (Wildman–Crippen LogP) is 2.29. The molecule has 0 spiro atoms. The third-order valence-corrected chi connectivity index (χ3v) is 6.41. The SMILES string of the molecule is COc1cccc(S(=O)(=O)NCC2CCN(C(=O)COc3ccccc3)CC2)c1. The summed E-state index contributed by atoms with van der Waals surface area (Å²) in [6, 6.07) is 15.6. The number of likely N-dealkylation sites (tertiary alicyclic amines) is 1. The Labute approximate surface area is 171 Å². The number of nitrogens with zero attached hydrogens (tertiary/aromatic N) is 1. The van der Waals surface area contributed by atoms with Crippen LogP contribution in [0.4, 0.5) is 0 Å². The lowest BCUT2D eigenvalue weighted by atomic mass is 9.97. The zero-order chi connectivity index (χ0) is 20.7. The van der Waals surface area contributed by atoms with Gasteiger partial charge in [-0.05, 0) is 43.0 Å². The minimum absolute atomic E-state index is 0.0111. The molecule has 0 aliphatic carbocycles. The van der Waals surface area contributed by atoms with Crippen molar-refractivity contribution >= 4 is 15.9 Å². The highest BCUT2D eigenvalue weighted by atomic mass is 32.2. The fourth-order valence-corrected chi connectivity index (χ4v) is 4.37. The van der Waals surface area contributed by atoms with Crippen LogP contribution in [0.25, 0.3) is 0 Å². The van der Waals surface area contributed by atoms with Gasteiger partial charge in [0.15, 0.2) is 6.61 Å². The van der Waals surface area contributed by atoms with E-state index < -0.39 is 10.0 Å². The number of para-hydroxylation sites is 1. The molecule has 0 saturated carbocycles. The number of rotatable bonds is 8. The number of carbonyl (C=O) groups excluding carboxylic acids is 1. The number of hydrogen-bond donors (Lipinski definition) is 1. The highest BCUT2D eigenvalue weighted by Gasteiger charge is 2.24. The van der Waals surface area contributed by atoms with E-state index in [0.717, 1.165) is 12.8 Å². The van der Waals surface area contributed by atoms with E-state index in [1.807, 2.05) is 30.3 Å². The van der Waals surface area contributed by atoms with E-state index in [2.05, 4.69) is 4.72 Å². The lowest BCUT2D eigenvalue weighted by molar-refractivity contribution is -0.134. The zero-order valence-corrected chi connectivity index (χ0v) is 17.2. The van der Waals surface area contributed by atoms with Crippen LogP contribution in [0.15, 0.2) is 59.5 Å². The molecule has 0 aromatic heterocycles. The van der Waals surface area contributed by atoms with Gasteiger partial charge in [-0.2, -0.15) is 0 Å². The molecule has 2 aromatic rings. The molecule has 3 rings (SSSR count). The Hall–Kier alpha value is -2.58. The molecule has 1 saturated heterocycles. The standard InChI is InChI=1S/C21H26N2O5S/c1-27-19-8-5-9-20(14-19)29(25,26)22-15-17-10-12-23(13-11-17)21(24)16-28-18-6-3-2-4-7-18/h2-9,14,17,22H,10-13,15-16H2,1H3. The molecule has 7 nitrogen and oxygen atoms in total. The summed E-state index contributed by atoms with van der Waals surface area (Å²) in [5.41, 5.74) is 0. The Morgan fingerprint density at radius 3 is 2.45 bits per heavy atom. The van der Waals surface area contributed by atoms with Crippen molar-refractivity contribution in [1.29, 1.82) is 0 Å². The molecule has 0 unspecified atom stereocenters. The molecule has 1 aliphatic heterocycles. The smallest absolute Gasteiger partial charge is 0.260 e. The fourth-order valence-electron chi connectivity index (χ4n) is 3.22. The van der Waals surface area contributed by atoms with E-state index >= 15 is 0 Å². The fraction of sp³-hybridized carbons (Fsp3) is 0.381. The Kier molecular flexibility index (Phi) is 7.11. The van der Waals surface area contributed by atoms with Gasteiger partial charge in [0, 0.05) is 25.7 Å². The van der Waals surface area contributed by atoms with Crippen molar-refractivity contribution < 1.29 is 22.7 Å². The zero-order valence-electron chi connectivity index (χ0n) is 16.4. The van der Waals surface area contributed by atoms with Gasteiger partial charge in [-0.1, -0.05) is 24.3 Å². The van der Waals surface area contributed by atoms with Gasteiger partial charge in [-0.25, -0.2) is 13.1 Å². The summed E-state index contributed by atoms with van der Waals surface area (Å²) in [5.74, 6) is 1.30. The molecule has 0 atom stereocenters. The predicted molar refractivity (Wildman–Crippen MR) is 109 cm³/mol. The molecule has 1 amide bonds. The van der Waals surface area contributed by atoms with E-state index in [1.165, 1.54) is 13.2 Å². The monoisotopic (exact) mass is 418 g/mol. The average molecular weight is 419 g/mol. The number of carbonyl (C=O) groups is 1. The molecule has 156 valence electrons. The first-order chi connectivity index (χ1) is 14.0. The maximum Gasteiger partial charge on any atom is 0.260 e. The second kappa shape index (κ2) is 9.76. The summed E-state index contributed by atoms with van der Waals surface area (Å²) in [6.45, 7) is 1.56. The van der Waals surface area contributed by atoms with Crippen molar-refractivity contribution in [3.63, 3.8) is 0 Å². The van der Waals surface area contributed by atoms with Crippen LogP contribution in [0.3, 0.4) is 0 Å². The van der Waals surface area contributed by atoms with Gasteiger partial charge in [0.2, 0.25) is 10.0 Å². The Morgan fingerprint density at radius 2 is 1.76 bits per heavy atom. The normalized spacial score (nSPS) is 15.1. The molecule has 0 bridgehead atoms. The summed E-state index contributed by atoms with van der Waals surface area (Å²) in [6.07, 6.45) is 1.50. The number of piperidine rings is 1. The average Bonchev–Trinajstić information content (AvgIpc) is 2.77. The highest BCUT2D eigenvalue weighted by molar-refractivity contribution is 7.89. The summed E-state index contributed by atoms with van der Waals surface area (Å²) in [5, 5.41) is 0. The van der Waals surface area contributed by atoms with Crippen molar-refractivity contribution in [2.24, 2.45) is 5.92 Å². The first-order valence-electron chi connectivity index (χ1n) is 9.57. The molecule has 1 fully saturated rings. The van der Waals surface area contributed by atoms with Crippen LogP contribution in [0, 0.1) is 5.92 Å². The molecule has 8 heteroatoms. The van der Waals surface area contributed by atoms with Gasteiger partial charge in [0.25, 0.3) is 5.91 Å². The maximum atomic E-state index is 12.5. The second-order valence-electron chi connectivity index (χ2n) is 6.96. The molecular formula is C21H26N2O5S. The van der Waals surface area contributed by atoms with Crippen LogP contribution in [0.2, 0.25) is 0 Å². The van der Waals surface area contributed by atoms with Gasteiger partial charge in [0.05, 0.1) is 12.0 Å². The van der Waals surface area contributed by atoms with Crippen molar-refractivity contribution in [2.75, 3.05) is 33.4 Å². The summed E-state index contributed by atoms with van der Waals surface area (Å²) < 4.78 is 38.3. The molecule has 1 aliphatic rings. The number of sulfonamides is 1. The minimum Gasteiger partial charge on any atom is -0.497 e. The van der Waals surface area contributed by atoms with Crippen LogP contribution in [0.5, 0.6) is 11.5 Å². The van der Waals surface area contributed by atoms with Crippen LogP contribution < -0.4 is 14.2 Å².